The van der Waals surface area contributed by atoms with Crippen LogP contribution in [-0.2, 0) is 4.79 Å². The average molecular weight is 221 g/mol. The zero-order valence-electron chi connectivity index (χ0n) is 8.00. The van der Waals surface area contributed by atoms with Crippen molar-refractivity contribution in [2.75, 3.05) is 13.2 Å². The number of aliphatic hydroxyl groups is 4. The molecule has 1 aliphatic heterocycles. The molecule has 4 atom stereocenters. The molecule has 1 heterocycles. The van der Waals surface area contributed by atoms with Crippen molar-refractivity contribution < 1.29 is 30.3 Å². The number of carboxylic acids is 1. The summed E-state index contributed by atoms with van der Waals surface area (Å²) in [5.41, 5.74) is -1.70. The van der Waals surface area contributed by atoms with Gasteiger partial charge in [-0.05, 0) is 0 Å². The maximum Gasteiger partial charge on any atom is 0.326 e. The van der Waals surface area contributed by atoms with Gasteiger partial charge in [0.15, 0.2) is 0 Å². The maximum absolute atomic E-state index is 10.9. The van der Waals surface area contributed by atoms with Gasteiger partial charge in [-0.1, -0.05) is 0 Å². The van der Waals surface area contributed by atoms with E-state index in [4.69, 9.17) is 15.3 Å². The van der Waals surface area contributed by atoms with Crippen molar-refractivity contribution in [3.63, 3.8) is 0 Å². The first-order valence-electron chi connectivity index (χ1n) is 4.56. The molecule has 1 fully saturated rings. The number of aliphatic hydroxyl groups excluding tert-OH is 4. The molecule has 0 aromatic rings. The molecule has 0 bridgehead atoms. The normalized spacial score (nSPS) is 41.5. The van der Waals surface area contributed by atoms with Crippen LogP contribution in [-0.4, -0.2) is 68.5 Å². The predicted molar refractivity (Wildman–Crippen MR) is 48.1 cm³/mol. The van der Waals surface area contributed by atoms with E-state index in [1.165, 1.54) is 0 Å². The summed E-state index contributed by atoms with van der Waals surface area (Å²) in [7, 11) is 0. The van der Waals surface area contributed by atoms with Gasteiger partial charge in [0.1, 0.15) is 5.54 Å². The van der Waals surface area contributed by atoms with Crippen molar-refractivity contribution in [1.82, 2.24) is 5.32 Å². The van der Waals surface area contributed by atoms with E-state index < -0.39 is 43.0 Å². The third-order valence-electron chi connectivity index (χ3n) is 2.70. The molecule has 1 aliphatic rings. The zero-order chi connectivity index (χ0) is 11.6. The highest BCUT2D eigenvalue weighted by Gasteiger charge is 2.49. The Morgan fingerprint density at radius 2 is 2.00 bits per heavy atom. The molecule has 0 aliphatic carbocycles. The molecule has 1 rings (SSSR count). The van der Waals surface area contributed by atoms with Gasteiger partial charge in [0.25, 0.3) is 0 Å². The second kappa shape index (κ2) is 4.42. The highest BCUT2D eigenvalue weighted by Crippen LogP contribution is 2.23. The Kier molecular flexibility index (Phi) is 3.63. The van der Waals surface area contributed by atoms with Crippen molar-refractivity contribution in [2.24, 2.45) is 0 Å². The lowest BCUT2D eigenvalue weighted by atomic mass is 9.83. The number of hydrogen-bond acceptors (Lipinski definition) is 6. The Balaban J connectivity index is 2.89. The van der Waals surface area contributed by atoms with E-state index in [0.717, 1.165) is 0 Å². The molecule has 0 saturated carbocycles. The highest BCUT2D eigenvalue weighted by atomic mass is 16.4. The maximum atomic E-state index is 10.9. The van der Waals surface area contributed by atoms with Gasteiger partial charge in [-0.25, -0.2) is 0 Å². The molecule has 0 unspecified atom stereocenters. The lowest BCUT2D eigenvalue weighted by Crippen LogP contribution is -2.69. The number of aliphatic carboxylic acids is 1. The van der Waals surface area contributed by atoms with Crippen LogP contribution < -0.4 is 5.32 Å². The number of hydrogen-bond donors (Lipinski definition) is 6. The number of carboxylic acid groups (broad SMARTS) is 1. The quantitative estimate of drug-likeness (QED) is 0.297. The molecule has 1 saturated heterocycles. The average Bonchev–Trinajstić information content (AvgIpc) is 2.21. The topological polar surface area (TPSA) is 130 Å². The predicted octanol–water partition coefficient (Wildman–Crippen LogP) is -3.12. The van der Waals surface area contributed by atoms with E-state index >= 15 is 0 Å². The Labute approximate surface area is 86.0 Å². The van der Waals surface area contributed by atoms with Crippen molar-refractivity contribution in [2.45, 2.75) is 30.2 Å². The molecule has 88 valence electrons. The van der Waals surface area contributed by atoms with Gasteiger partial charge in [0.2, 0.25) is 0 Å². The molecular weight excluding hydrogens is 206 g/mol. The fraction of sp³-hybridized carbons (Fsp3) is 0.875. The summed E-state index contributed by atoms with van der Waals surface area (Å²) in [5, 5.41) is 48.1. The highest BCUT2D eigenvalue weighted by molar-refractivity contribution is 5.79. The third-order valence-corrected chi connectivity index (χ3v) is 2.70. The van der Waals surface area contributed by atoms with E-state index in [9.17, 15) is 15.0 Å². The number of nitrogens with one attached hydrogen (secondary N) is 1. The standard InChI is InChI=1S/C8H15NO6/c10-2-4-6(13)5(12)1-8(3-11,9-4)7(14)15/h4-6,9-13H,1-3H2,(H,14,15)/t4-,5+,6-,8-/m1/s1. The summed E-state index contributed by atoms with van der Waals surface area (Å²) >= 11 is 0. The van der Waals surface area contributed by atoms with Crippen molar-refractivity contribution in [3.05, 3.63) is 0 Å². The molecule has 7 nitrogen and oxygen atoms in total. The van der Waals surface area contributed by atoms with Gasteiger partial charge >= 0.3 is 5.97 Å². The van der Waals surface area contributed by atoms with Gasteiger partial charge in [0, 0.05) is 6.42 Å². The molecule has 6 N–H and O–H groups in total. The first kappa shape index (κ1) is 12.3. The van der Waals surface area contributed by atoms with Gasteiger partial charge in [-0.15, -0.1) is 0 Å². The second-order valence-corrected chi connectivity index (χ2v) is 3.74. The fourth-order valence-corrected chi connectivity index (χ4v) is 1.73. The van der Waals surface area contributed by atoms with Crippen LogP contribution in [0.25, 0.3) is 0 Å². The third kappa shape index (κ3) is 2.11. The van der Waals surface area contributed by atoms with E-state index in [-0.39, 0.29) is 6.42 Å². The zero-order valence-corrected chi connectivity index (χ0v) is 8.00. The number of piperidine rings is 1. The van der Waals surface area contributed by atoms with Crippen molar-refractivity contribution in [1.29, 1.82) is 0 Å². The van der Waals surface area contributed by atoms with E-state index in [1.807, 2.05) is 0 Å². The Bertz CT molecular complexity index is 247. The van der Waals surface area contributed by atoms with E-state index in [2.05, 4.69) is 5.32 Å². The summed E-state index contributed by atoms with van der Waals surface area (Å²) in [6.07, 6.45) is -2.84. The van der Waals surface area contributed by atoms with Crippen LogP contribution >= 0.6 is 0 Å². The van der Waals surface area contributed by atoms with Gasteiger partial charge in [-0.2, -0.15) is 0 Å². The van der Waals surface area contributed by atoms with E-state index in [1.54, 1.807) is 0 Å². The summed E-state index contributed by atoms with van der Waals surface area (Å²) in [4.78, 5) is 10.9. The van der Waals surface area contributed by atoms with Crippen molar-refractivity contribution >= 4 is 5.97 Å². The van der Waals surface area contributed by atoms with Crippen LogP contribution in [0.3, 0.4) is 0 Å². The van der Waals surface area contributed by atoms with Gasteiger partial charge < -0.3 is 25.5 Å². The van der Waals surface area contributed by atoms with Crippen LogP contribution in [0.5, 0.6) is 0 Å². The monoisotopic (exact) mass is 221 g/mol. The fourth-order valence-electron chi connectivity index (χ4n) is 1.73. The Hall–Kier alpha value is -0.730. The summed E-state index contributed by atoms with van der Waals surface area (Å²) in [6, 6.07) is -0.961. The summed E-state index contributed by atoms with van der Waals surface area (Å²) in [5.74, 6) is -1.32. The number of rotatable bonds is 3. The lowest BCUT2D eigenvalue weighted by molar-refractivity contribution is -0.157. The largest absolute Gasteiger partial charge is 0.480 e. The number of carbonyl (C=O) groups is 1. The van der Waals surface area contributed by atoms with Crippen LogP contribution in [0.1, 0.15) is 6.42 Å². The van der Waals surface area contributed by atoms with Crippen LogP contribution in [0, 0.1) is 0 Å². The molecule has 15 heavy (non-hydrogen) atoms. The van der Waals surface area contributed by atoms with Crippen LogP contribution in [0.2, 0.25) is 0 Å². The molecule has 0 spiro atoms. The molecule has 7 heteroatoms. The summed E-state index contributed by atoms with van der Waals surface area (Å²) in [6.45, 7) is -1.24. The van der Waals surface area contributed by atoms with Crippen LogP contribution in [0.4, 0.5) is 0 Å². The van der Waals surface area contributed by atoms with Crippen LogP contribution in [0.15, 0.2) is 0 Å². The molecule has 0 aromatic heterocycles. The first-order valence-corrected chi connectivity index (χ1v) is 4.56. The minimum atomic E-state index is -1.70. The van der Waals surface area contributed by atoms with Crippen molar-refractivity contribution in [3.8, 4) is 0 Å². The van der Waals surface area contributed by atoms with Gasteiger partial charge in [-0.3, -0.25) is 10.1 Å². The molecule has 0 aromatic carbocycles. The second-order valence-electron chi connectivity index (χ2n) is 3.74. The Morgan fingerprint density at radius 3 is 2.40 bits per heavy atom. The molecule has 0 amide bonds. The Morgan fingerprint density at radius 1 is 1.40 bits per heavy atom. The minimum Gasteiger partial charge on any atom is -0.480 e. The summed E-state index contributed by atoms with van der Waals surface area (Å²) < 4.78 is 0. The lowest BCUT2D eigenvalue weighted by Gasteiger charge is -2.42. The SMILES string of the molecule is O=C(O)[C@]1(CO)C[C@H](O)[C@H](O)[C@@H](CO)N1. The molecule has 0 radical (unpaired) electrons. The smallest absolute Gasteiger partial charge is 0.326 e. The minimum absolute atomic E-state index is 0.309. The van der Waals surface area contributed by atoms with E-state index in [0.29, 0.717) is 0 Å². The molecular formula is C8H15NO6. The first-order chi connectivity index (χ1) is 6.96. The van der Waals surface area contributed by atoms with Gasteiger partial charge in [0.05, 0.1) is 31.5 Å².